The maximum atomic E-state index is 12.8. The Bertz CT molecular complexity index is 601. The number of nitro benzene ring substituents is 2. The fourth-order valence-electron chi connectivity index (χ4n) is 1.92. The van der Waals surface area contributed by atoms with Crippen LogP contribution < -0.4 is 4.90 Å². The highest BCUT2D eigenvalue weighted by atomic mass is 35.5. The number of nitro groups is 2. The molecule has 0 saturated heterocycles. The van der Waals surface area contributed by atoms with Gasteiger partial charge in [0.2, 0.25) is 0 Å². The molecule has 1 aromatic rings. The highest BCUT2D eigenvalue weighted by molar-refractivity contribution is 6.18. The molecule has 0 heterocycles. The number of hydrogen-bond acceptors (Lipinski definition) is 5. The molecule has 7 nitrogen and oxygen atoms in total. The van der Waals surface area contributed by atoms with Gasteiger partial charge in [0, 0.05) is 31.1 Å². The van der Waals surface area contributed by atoms with Crippen LogP contribution in [0.2, 0.25) is 0 Å². The zero-order valence-corrected chi connectivity index (χ0v) is 12.3. The average Bonchev–Trinajstić information content (AvgIpc) is 2.44. The average molecular weight is 354 g/mol. The maximum Gasteiger partial charge on any atom is 0.416 e. The molecule has 0 aliphatic rings. The Labute approximate surface area is 133 Å². The summed E-state index contributed by atoms with van der Waals surface area (Å²) in [6.45, 7) is 3.31. The minimum atomic E-state index is -4.95. The third-order valence-electron chi connectivity index (χ3n) is 2.81. The Balaban J connectivity index is 3.73. The molecule has 0 N–H and O–H groups in total. The van der Waals surface area contributed by atoms with Crippen molar-refractivity contribution in [1.82, 2.24) is 0 Å². The van der Waals surface area contributed by atoms with E-state index in [-0.39, 0.29) is 31.1 Å². The van der Waals surface area contributed by atoms with E-state index in [4.69, 9.17) is 11.6 Å². The smallest absolute Gasteiger partial charge is 0.355 e. The van der Waals surface area contributed by atoms with Crippen LogP contribution in [0.4, 0.5) is 30.2 Å². The van der Waals surface area contributed by atoms with Crippen LogP contribution in [-0.2, 0) is 6.18 Å². The molecule has 23 heavy (non-hydrogen) atoms. The highest BCUT2D eigenvalue weighted by Gasteiger charge is 2.38. The summed E-state index contributed by atoms with van der Waals surface area (Å²) >= 11 is 5.55. The van der Waals surface area contributed by atoms with Gasteiger partial charge in [-0.2, -0.15) is 13.2 Å². The lowest BCUT2D eigenvalue weighted by molar-refractivity contribution is -0.393. The molecule has 0 aromatic heterocycles. The summed E-state index contributed by atoms with van der Waals surface area (Å²) in [5.74, 6) is -0.0385. The van der Waals surface area contributed by atoms with Crippen molar-refractivity contribution in [2.75, 3.05) is 23.9 Å². The molecule has 0 aliphatic heterocycles. The predicted molar refractivity (Wildman–Crippen MR) is 77.9 cm³/mol. The molecule has 126 valence electrons. The van der Waals surface area contributed by atoms with Crippen LogP contribution >= 0.6 is 11.6 Å². The van der Waals surface area contributed by atoms with Gasteiger partial charge in [-0.05, 0) is 0 Å². The van der Waals surface area contributed by atoms with Crippen LogP contribution in [0.3, 0.4) is 0 Å². The van der Waals surface area contributed by atoms with Gasteiger partial charge >= 0.3 is 6.18 Å². The van der Waals surface area contributed by atoms with Crippen LogP contribution in [0.5, 0.6) is 0 Å². The molecule has 1 rings (SSSR count). The summed E-state index contributed by atoms with van der Waals surface area (Å²) in [4.78, 5) is 21.2. The Hall–Kier alpha value is -2.36. The summed E-state index contributed by atoms with van der Waals surface area (Å²) < 4.78 is 38.4. The van der Waals surface area contributed by atoms with Crippen LogP contribution in [0.25, 0.3) is 0 Å². The summed E-state index contributed by atoms with van der Waals surface area (Å²) in [5, 5.41) is 22.2. The van der Waals surface area contributed by atoms with E-state index >= 15 is 0 Å². The lowest BCUT2D eigenvalue weighted by Gasteiger charge is -2.22. The zero-order valence-electron chi connectivity index (χ0n) is 11.5. The lowest BCUT2D eigenvalue weighted by atomic mass is 10.1. The van der Waals surface area contributed by atoms with Crippen molar-refractivity contribution in [2.45, 2.75) is 6.18 Å². The maximum absolute atomic E-state index is 12.8. The van der Waals surface area contributed by atoms with Gasteiger partial charge in [-0.3, -0.25) is 20.2 Å². The van der Waals surface area contributed by atoms with E-state index in [0.29, 0.717) is 0 Å². The highest BCUT2D eigenvalue weighted by Crippen LogP contribution is 2.43. The Morgan fingerprint density at radius 1 is 1.22 bits per heavy atom. The first kappa shape index (κ1) is 18.7. The minimum absolute atomic E-state index is 0.0385. The van der Waals surface area contributed by atoms with Crippen molar-refractivity contribution in [3.8, 4) is 0 Å². The SMILES string of the molecule is C=CCN(CCCl)c1c([N+](=O)[O-])cc(C(F)(F)F)cc1[N+](=O)[O-]. The molecule has 0 radical (unpaired) electrons. The second-order valence-electron chi connectivity index (χ2n) is 4.30. The first-order valence-electron chi connectivity index (χ1n) is 6.09. The second-order valence-corrected chi connectivity index (χ2v) is 4.68. The standard InChI is InChI=1S/C12H11ClF3N3O4/c1-2-4-17(5-3-13)11-9(18(20)21)6-8(12(14,15)16)7-10(11)19(22)23/h2,6-7H,1,3-5H2. The van der Waals surface area contributed by atoms with Crippen LogP contribution in [0.1, 0.15) is 5.56 Å². The van der Waals surface area contributed by atoms with Crippen molar-refractivity contribution in [2.24, 2.45) is 0 Å². The number of halogens is 4. The fraction of sp³-hybridized carbons (Fsp3) is 0.333. The van der Waals surface area contributed by atoms with Crippen molar-refractivity contribution in [3.63, 3.8) is 0 Å². The molecule has 0 spiro atoms. The lowest BCUT2D eigenvalue weighted by Crippen LogP contribution is -2.27. The molecule has 0 aliphatic carbocycles. The van der Waals surface area contributed by atoms with Gasteiger partial charge in [0.05, 0.1) is 15.4 Å². The molecule has 11 heteroatoms. The van der Waals surface area contributed by atoms with Crippen molar-refractivity contribution in [1.29, 1.82) is 0 Å². The quantitative estimate of drug-likeness (QED) is 0.322. The van der Waals surface area contributed by atoms with Gasteiger partial charge in [-0.15, -0.1) is 18.2 Å². The van der Waals surface area contributed by atoms with Crippen LogP contribution in [0, 0.1) is 20.2 Å². The van der Waals surface area contributed by atoms with Gasteiger partial charge < -0.3 is 4.90 Å². The van der Waals surface area contributed by atoms with Gasteiger partial charge in [0.15, 0.2) is 5.69 Å². The van der Waals surface area contributed by atoms with Crippen molar-refractivity contribution >= 4 is 28.7 Å². The second kappa shape index (κ2) is 7.27. The van der Waals surface area contributed by atoms with Gasteiger partial charge in [-0.25, -0.2) is 0 Å². The van der Waals surface area contributed by atoms with E-state index in [1.165, 1.54) is 6.08 Å². The monoisotopic (exact) mass is 353 g/mol. The Morgan fingerprint density at radius 3 is 2.00 bits per heavy atom. The van der Waals surface area contributed by atoms with Crippen LogP contribution in [-0.4, -0.2) is 28.8 Å². The summed E-state index contributed by atoms with van der Waals surface area (Å²) in [6, 6.07) is 0.541. The molecular weight excluding hydrogens is 343 g/mol. The molecule has 0 atom stereocenters. The van der Waals surface area contributed by atoms with E-state index in [9.17, 15) is 33.4 Å². The molecular formula is C12H11ClF3N3O4. The van der Waals surface area contributed by atoms with Crippen molar-refractivity contribution < 1.29 is 23.0 Å². The molecule has 0 fully saturated rings. The summed E-state index contributed by atoms with van der Waals surface area (Å²) in [5.41, 5.74) is -4.03. The number of alkyl halides is 4. The number of nitrogens with zero attached hydrogens (tertiary/aromatic N) is 3. The van der Waals surface area contributed by atoms with Gasteiger partial charge in [-0.1, -0.05) is 6.08 Å². The number of hydrogen-bond donors (Lipinski definition) is 0. The largest absolute Gasteiger partial charge is 0.416 e. The first-order valence-corrected chi connectivity index (χ1v) is 6.62. The number of rotatable bonds is 7. The molecule has 0 saturated carbocycles. The summed E-state index contributed by atoms with van der Waals surface area (Å²) in [7, 11) is 0. The minimum Gasteiger partial charge on any atom is -0.355 e. The number of anilines is 1. The zero-order chi connectivity index (χ0) is 17.8. The van der Waals surface area contributed by atoms with Gasteiger partial charge in [0.1, 0.15) is 0 Å². The van der Waals surface area contributed by atoms with E-state index < -0.39 is 38.6 Å². The molecule has 0 amide bonds. The fourth-order valence-corrected chi connectivity index (χ4v) is 2.13. The van der Waals surface area contributed by atoms with Gasteiger partial charge in [0.25, 0.3) is 11.4 Å². The van der Waals surface area contributed by atoms with Crippen molar-refractivity contribution in [3.05, 3.63) is 50.6 Å². The van der Waals surface area contributed by atoms with E-state index in [2.05, 4.69) is 6.58 Å². The van der Waals surface area contributed by atoms with Crippen LogP contribution in [0.15, 0.2) is 24.8 Å². The molecule has 0 bridgehead atoms. The predicted octanol–water partition coefficient (Wildman–Crippen LogP) is 3.75. The Morgan fingerprint density at radius 2 is 1.70 bits per heavy atom. The normalized spacial score (nSPS) is 11.1. The molecule has 0 unspecified atom stereocenters. The number of benzene rings is 1. The summed E-state index contributed by atoms with van der Waals surface area (Å²) in [6.07, 6.45) is -3.65. The van der Waals surface area contributed by atoms with E-state index in [0.717, 1.165) is 4.90 Å². The third-order valence-corrected chi connectivity index (χ3v) is 2.98. The molecule has 1 aromatic carbocycles. The van der Waals surface area contributed by atoms with E-state index in [1.807, 2.05) is 0 Å². The first-order chi connectivity index (χ1) is 10.6. The topological polar surface area (TPSA) is 89.5 Å². The Kier molecular flexibility index (Phi) is 5.91. The third kappa shape index (κ3) is 4.31. The van der Waals surface area contributed by atoms with E-state index in [1.54, 1.807) is 0 Å².